The quantitative estimate of drug-likeness (QED) is 0.931. The number of rotatable bonds is 3. The highest BCUT2D eigenvalue weighted by molar-refractivity contribution is 5.96. The predicted octanol–water partition coefficient (Wildman–Crippen LogP) is 2.25. The standard InChI is InChI=1S/C16H22N2O2.ClH/c1-11-13(4-3-5-15(11)20-2)16(19)17-14-10-18-8-6-12(14)7-9-18;/h3-5,12,14H,6-10H2,1-2H3,(H,17,19);1H/t14-;/m1./s1. The van der Waals surface area contributed by atoms with E-state index in [1.54, 1.807) is 7.11 Å². The van der Waals surface area contributed by atoms with Crippen LogP contribution in [0, 0.1) is 12.8 Å². The summed E-state index contributed by atoms with van der Waals surface area (Å²) in [4.78, 5) is 14.9. The maximum Gasteiger partial charge on any atom is 0.251 e. The van der Waals surface area contributed by atoms with Crippen LogP contribution in [0.4, 0.5) is 0 Å². The molecule has 1 atom stereocenters. The Labute approximate surface area is 132 Å². The van der Waals surface area contributed by atoms with Gasteiger partial charge in [0.05, 0.1) is 7.11 Å². The van der Waals surface area contributed by atoms with E-state index in [4.69, 9.17) is 4.74 Å². The van der Waals surface area contributed by atoms with E-state index in [1.165, 1.54) is 25.9 Å². The zero-order valence-electron chi connectivity index (χ0n) is 12.6. The van der Waals surface area contributed by atoms with Gasteiger partial charge in [0.25, 0.3) is 5.91 Å². The van der Waals surface area contributed by atoms with Gasteiger partial charge in [-0.05, 0) is 50.9 Å². The molecule has 1 N–H and O–H groups in total. The number of piperidine rings is 3. The van der Waals surface area contributed by atoms with Crippen molar-refractivity contribution in [2.24, 2.45) is 5.92 Å². The average molecular weight is 311 g/mol. The first kappa shape index (κ1) is 16.1. The number of nitrogens with one attached hydrogen (secondary N) is 1. The summed E-state index contributed by atoms with van der Waals surface area (Å²) >= 11 is 0. The van der Waals surface area contributed by atoms with Crippen LogP contribution in [0.25, 0.3) is 0 Å². The van der Waals surface area contributed by atoms with Crippen LogP contribution in [0.3, 0.4) is 0 Å². The van der Waals surface area contributed by atoms with Gasteiger partial charge in [-0.25, -0.2) is 0 Å². The van der Waals surface area contributed by atoms with Crippen LogP contribution in [0.5, 0.6) is 5.75 Å². The number of ether oxygens (including phenoxy) is 1. The van der Waals surface area contributed by atoms with Crippen LogP contribution in [0.15, 0.2) is 18.2 Å². The Bertz CT molecular complexity index is 513. The number of hydrogen-bond donors (Lipinski definition) is 1. The molecular weight excluding hydrogens is 288 g/mol. The third-order valence-electron chi connectivity index (χ3n) is 4.72. The SMILES string of the molecule is COc1cccc(C(=O)N[C@@H]2CN3CCC2CC3)c1C.Cl. The highest BCUT2D eigenvalue weighted by Gasteiger charge is 2.35. The van der Waals surface area contributed by atoms with E-state index in [2.05, 4.69) is 10.2 Å². The normalized spacial score (nSPS) is 26.9. The van der Waals surface area contributed by atoms with Crippen LogP contribution >= 0.6 is 12.4 Å². The molecule has 0 spiro atoms. The smallest absolute Gasteiger partial charge is 0.251 e. The molecule has 0 aromatic heterocycles. The van der Waals surface area contributed by atoms with E-state index in [9.17, 15) is 4.79 Å². The average Bonchev–Trinajstić information content (AvgIpc) is 2.48. The lowest BCUT2D eigenvalue weighted by atomic mass is 9.84. The molecule has 1 aromatic carbocycles. The monoisotopic (exact) mass is 310 g/mol. The summed E-state index contributed by atoms with van der Waals surface area (Å²) in [6.07, 6.45) is 2.42. The van der Waals surface area contributed by atoms with Crippen molar-refractivity contribution in [3.8, 4) is 5.75 Å². The molecular formula is C16H23ClN2O2. The molecule has 1 aromatic rings. The maximum absolute atomic E-state index is 12.5. The Morgan fingerprint density at radius 3 is 2.62 bits per heavy atom. The molecule has 1 amide bonds. The van der Waals surface area contributed by atoms with Crippen LogP contribution in [-0.4, -0.2) is 43.6 Å². The van der Waals surface area contributed by atoms with Gasteiger partial charge in [0.15, 0.2) is 0 Å². The van der Waals surface area contributed by atoms with Crippen LogP contribution < -0.4 is 10.1 Å². The van der Waals surface area contributed by atoms with Gasteiger partial charge in [-0.3, -0.25) is 4.79 Å². The molecule has 0 unspecified atom stereocenters. The number of methoxy groups -OCH3 is 1. The van der Waals surface area contributed by atoms with Crippen molar-refractivity contribution in [1.82, 2.24) is 10.2 Å². The zero-order chi connectivity index (χ0) is 14.1. The molecule has 3 aliphatic heterocycles. The molecule has 3 aliphatic rings. The van der Waals surface area contributed by atoms with Gasteiger partial charge in [-0.2, -0.15) is 0 Å². The number of nitrogens with zero attached hydrogens (tertiary/aromatic N) is 1. The highest BCUT2D eigenvalue weighted by atomic mass is 35.5. The Morgan fingerprint density at radius 2 is 2.05 bits per heavy atom. The van der Waals surface area contributed by atoms with Crippen LogP contribution in [0.2, 0.25) is 0 Å². The van der Waals surface area contributed by atoms with Gasteiger partial charge < -0.3 is 15.0 Å². The zero-order valence-corrected chi connectivity index (χ0v) is 13.4. The lowest BCUT2D eigenvalue weighted by Crippen LogP contribution is -2.57. The van der Waals surface area contributed by atoms with Gasteiger partial charge in [0, 0.05) is 23.7 Å². The third-order valence-corrected chi connectivity index (χ3v) is 4.72. The summed E-state index contributed by atoms with van der Waals surface area (Å²) in [5.74, 6) is 1.45. The first-order chi connectivity index (χ1) is 9.69. The van der Waals surface area contributed by atoms with Gasteiger partial charge in [-0.1, -0.05) is 6.07 Å². The topological polar surface area (TPSA) is 41.6 Å². The molecule has 4 nitrogen and oxygen atoms in total. The Kier molecular flexibility index (Phi) is 5.12. The second kappa shape index (κ2) is 6.67. The Balaban J connectivity index is 0.00000161. The molecule has 2 bridgehead atoms. The molecule has 0 aliphatic carbocycles. The fraction of sp³-hybridized carbons (Fsp3) is 0.562. The maximum atomic E-state index is 12.5. The lowest BCUT2D eigenvalue weighted by molar-refractivity contribution is 0.0620. The van der Waals surface area contributed by atoms with Crippen molar-refractivity contribution in [3.63, 3.8) is 0 Å². The molecule has 5 heteroatoms. The molecule has 0 saturated carbocycles. The van der Waals surface area contributed by atoms with E-state index in [-0.39, 0.29) is 18.3 Å². The summed E-state index contributed by atoms with van der Waals surface area (Å²) in [7, 11) is 1.64. The summed E-state index contributed by atoms with van der Waals surface area (Å²) in [6, 6.07) is 5.93. The minimum atomic E-state index is 0. The molecule has 3 fully saturated rings. The fourth-order valence-electron chi connectivity index (χ4n) is 3.46. The number of benzene rings is 1. The van der Waals surface area contributed by atoms with Crippen molar-refractivity contribution in [3.05, 3.63) is 29.3 Å². The highest BCUT2D eigenvalue weighted by Crippen LogP contribution is 2.28. The molecule has 21 heavy (non-hydrogen) atoms. The number of amides is 1. The number of carbonyl (C=O) groups is 1. The third kappa shape index (κ3) is 3.16. The van der Waals surface area contributed by atoms with Gasteiger partial charge >= 0.3 is 0 Å². The van der Waals surface area contributed by atoms with Crippen LogP contribution in [0.1, 0.15) is 28.8 Å². The summed E-state index contributed by atoms with van der Waals surface area (Å²) in [6.45, 7) is 5.31. The summed E-state index contributed by atoms with van der Waals surface area (Å²) in [5, 5.41) is 3.22. The first-order valence-corrected chi connectivity index (χ1v) is 7.36. The van der Waals surface area contributed by atoms with Crippen molar-refractivity contribution >= 4 is 18.3 Å². The van der Waals surface area contributed by atoms with Crippen molar-refractivity contribution in [2.45, 2.75) is 25.8 Å². The van der Waals surface area contributed by atoms with Crippen LogP contribution in [-0.2, 0) is 0 Å². The van der Waals surface area contributed by atoms with Gasteiger partial charge in [-0.15, -0.1) is 12.4 Å². The largest absolute Gasteiger partial charge is 0.496 e. The predicted molar refractivity (Wildman–Crippen MR) is 85.4 cm³/mol. The van der Waals surface area contributed by atoms with Crippen molar-refractivity contribution in [1.29, 1.82) is 0 Å². The van der Waals surface area contributed by atoms with Crippen molar-refractivity contribution < 1.29 is 9.53 Å². The second-order valence-electron chi connectivity index (χ2n) is 5.85. The minimum Gasteiger partial charge on any atom is -0.496 e. The minimum absolute atomic E-state index is 0. The Hall–Kier alpha value is -1.26. The molecule has 116 valence electrons. The van der Waals surface area contributed by atoms with E-state index in [0.717, 1.165) is 23.4 Å². The fourth-order valence-corrected chi connectivity index (χ4v) is 3.46. The van der Waals surface area contributed by atoms with E-state index < -0.39 is 0 Å². The van der Waals surface area contributed by atoms with E-state index >= 15 is 0 Å². The number of fused-ring (bicyclic) bond motifs is 3. The lowest BCUT2D eigenvalue weighted by Gasteiger charge is -2.45. The van der Waals surface area contributed by atoms with Gasteiger partial charge in [0.2, 0.25) is 0 Å². The first-order valence-electron chi connectivity index (χ1n) is 7.36. The van der Waals surface area contributed by atoms with E-state index in [0.29, 0.717) is 12.0 Å². The molecule has 0 radical (unpaired) electrons. The molecule has 3 saturated heterocycles. The number of halogens is 1. The Morgan fingerprint density at radius 1 is 1.33 bits per heavy atom. The summed E-state index contributed by atoms with van der Waals surface area (Å²) in [5.41, 5.74) is 1.63. The second-order valence-corrected chi connectivity index (χ2v) is 5.85. The molecule has 4 rings (SSSR count). The van der Waals surface area contributed by atoms with E-state index in [1.807, 2.05) is 25.1 Å². The number of carbonyl (C=O) groups excluding carboxylic acids is 1. The van der Waals surface area contributed by atoms with Crippen molar-refractivity contribution in [2.75, 3.05) is 26.7 Å². The molecule has 3 heterocycles. The summed E-state index contributed by atoms with van der Waals surface area (Å²) < 4.78 is 5.29. The number of hydrogen-bond acceptors (Lipinski definition) is 3. The van der Waals surface area contributed by atoms with Gasteiger partial charge in [0.1, 0.15) is 5.75 Å².